The molecular weight excluding hydrogens is 430 g/mol. The van der Waals surface area contributed by atoms with Crippen LogP contribution in [0.1, 0.15) is 31.9 Å². The highest BCUT2D eigenvalue weighted by molar-refractivity contribution is 5.98. The summed E-state index contributed by atoms with van der Waals surface area (Å²) in [4.78, 5) is 33.1. The molecule has 0 saturated carbocycles. The molecule has 0 radical (unpaired) electrons. The normalized spacial score (nSPS) is 12.7. The van der Waals surface area contributed by atoms with E-state index in [4.69, 9.17) is 4.74 Å². The van der Waals surface area contributed by atoms with Gasteiger partial charge in [-0.2, -0.15) is 5.10 Å². The van der Waals surface area contributed by atoms with Crippen LogP contribution < -0.4 is 10.7 Å². The minimum Gasteiger partial charge on any atom is -0.444 e. The van der Waals surface area contributed by atoms with Crippen molar-refractivity contribution in [3.63, 3.8) is 0 Å². The van der Waals surface area contributed by atoms with Crippen molar-refractivity contribution < 1.29 is 14.3 Å². The van der Waals surface area contributed by atoms with E-state index in [-0.39, 0.29) is 6.42 Å². The number of ether oxygens (including phenoxy) is 1. The van der Waals surface area contributed by atoms with Gasteiger partial charge in [0, 0.05) is 40.7 Å². The van der Waals surface area contributed by atoms with Crippen LogP contribution in [-0.4, -0.2) is 39.8 Å². The zero-order chi connectivity index (χ0) is 24.1. The highest BCUT2D eigenvalue weighted by atomic mass is 16.6. The van der Waals surface area contributed by atoms with Crippen molar-refractivity contribution in [3.8, 4) is 0 Å². The van der Waals surface area contributed by atoms with Crippen LogP contribution in [0.2, 0.25) is 0 Å². The summed E-state index contributed by atoms with van der Waals surface area (Å²) >= 11 is 0. The number of fused-ring (bicyclic) bond motifs is 2. The molecule has 0 bridgehead atoms. The molecule has 4 aromatic rings. The van der Waals surface area contributed by atoms with Gasteiger partial charge in [-0.1, -0.05) is 42.5 Å². The van der Waals surface area contributed by atoms with Crippen LogP contribution >= 0.6 is 0 Å². The van der Waals surface area contributed by atoms with Crippen LogP contribution in [0, 0.1) is 0 Å². The van der Waals surface area contributed by atoms with Crippen LogP contribution in [0.4, 0.5) is 4.79 Å². The third kappa shape index (κ3) is 5.58. The second-order valence-electron chi connectivity index (χ2n) is 8.92. The van der Waals surface area contributed by atoms with Crippen LogP contribution in [0.25, 0.3) is 21.8 Å². The summed E-state index contributed by atoms with van der Waals surface area (Å²) in [5, 5.41) is 8.76. The Bertz CT molecular complexity index is 1350. The number of nitrogens with zero attached hydrogens (tertiary/aromatic N) is 2. The van der Waals surface area contributed by atoms with Crippen LogP contribution in [0.5, 0.6) is 0 Å². The van der Waals surface area contributed by atoms with Gasteiger partial charge in [0.1, 0.15) is 11.6 Å². The Balaban J connectivity index is 1.52. The van der Waals surface area contributed by atoms with Crippen molar-refractivity contribution in [2.45, 2.75) is 38.8 Å². The molecule has 0 aliphatic carbocycles. The first-order valence-electron chi connectivity index (χ1n) is 11.0. The second-order valence-corrected chi connectivity index (χ2v) is 8.92. The number of pyridine rings is 1. The van der Waals surface area contributed by atoms with E-state index in [1.165, 1.54) is 0 Å². The Kier molecular flexibility index (Phi) is 6.58. The quantitative estimate of drug-likeness (QED) is 0.296. The van der Waals surface area contributed by atoms with Crippen LogP contribution in [0.15, 0.2) is 72.1 Å². The molecule has 34 heavy (non-hydrogen) atoms. The smallest absolute Gasteiger partial charge is 0.408 e. The predicted octanol–water partition coefficient (Wildman–Crippen LogP) is 4.30. The summed E-state index contributed by atoms with van der Waals surface area (Å²) in [6.45, 7) is 5.30. The fourth-order valence-corrected chi connectivity index (χ4v) is 3.65. The highest BCUT2D eigenvalue weighted by Gasteiger charge is 2.25. The maximum absolute atomic E-state index is 13.0. The molecule has 0 saturated heterocycles. The molecule has 174 valence electrons. The van der Waals surface area contributed by atoms with E-state index in [0.717, 1.165) is 32.9 Å². The lowest BCUT2D eigenvalue weighted by Gasteiger charge is -2.22. The van der Waals surface area contributed by atoms with Gasteiger partial charge in [0.2, 0.25) is 0 Å². The Morgan fingerprint density at radius 3 is 2.74 bits per heavy atom. The molecule has 8 nitrogen and oxygen atoms in total. The van der Waals surface area contributed by atoms with Crippen molar-refractivity contribution in [2.75, 3.05) is 0 Å². The molecule has 3 N–H and O–H groups in total. The van der Waals surface area contributed by atoms with E-state index in [2.05, 4.69) is 25.8 Å². The fraction of sp³-hybridized carbons (Fsp3) is 0.231. The Morgan fingerprint density at radius 2 is 1.91 bits per heavy atom. The number of H-pyrrole nitrogens is 1. The SMILES string of the molecule is CC(C)(C)OC(=O)N[C@@H](Cc1c[nH]c2ccccc12)C(=O)N/N=C\c1cccc2cccnc12. The summed E-state index contributed by atoms with van der Waals surface area (Å²) in [7, 11) is 0. The molecule has 2 aromatic carbocycles. The minimum absolute atomic E-state index is 0.264. The molecule has 2 amide bonds. The first kappa shape index (κ1) is 23.0. The molecule has 2 heterocycles. The Labute approximate surface area is 197 Å². The molecule has 0 unspecified atom stereocenters. The molecule has 2 aromatic heterocycles. The number of para-hydroxylation sites is 2. The number of alkyl carbamates (subject to hydrolysis) is 1. The van der Waals surface area contributed by atoms with Crippen molar-refractivity contribution in [1.29, 1.82) is 0 Å². The topological polar surface area (TPSA) is 108 Å². The van der Waals surface area contributed by atoms with E-state index in [9.17, 15) is 9.59 Å². The van der Waals surface area contributed by atoms with Gasteiger partial charge < -0.3 is 15.0 Å². The standard InChI is InChI=1S/C26H27N5O3/c1-26(2,3)34-25(33)30-22(14-19-15-28-21-12-5-4-11-20(19)21)24(32)31-29-16-18-9-6-8-17-10-7-13-27-23(17)18/h4-13,15-16,22,28H,14H2,1-3H3,(H,30,33)(H,31,32)/b29-16-/t22-/m0/s1. The van der Waals surface area contributed by atoms with Crippen molar-refractivity contribution in [2.24, 2.45) is 5.10 Å². The molecule has 1 atom stereocenters. The summed E-state index contributed by atoms with van der Waals surface area (Å²) in [6, 6.07) is 16.4. The summed E-state index contributed by atoms with van der Waals surface area (Å²) < 4.78 is 5.36. The first-order chi connectivity index (χ1) is 16.3. The molecule has 8 heteroatoms. The predicted molar refractivity (Wildman–Crippen MR) is 133 cm³/mol. The number of carbonyl (C=O) groups excluding carboxylic acids is 2. The van der Waals surface area contributed by atoms with Gasteiger partial charge in [0.05, 0.1) is 11.7 Å². The molecule has 0 fully saturated rings. The highest BCUT2D eigenvalue weighted by Crippen LogP contribution is 2.19. The van der Waals surface area contributed by atoms with E-state index in [0.29, 0.717) is 0 Å². The van der Waals surface area contributed by atoms with Gasteiger partial charge in [0.15, 0.2) is 0 Å². The average Bonchev–Trinajstić information content (AvgIpc) is 3.20. The minimum atomic E-state index is -0.892. The molecule has 0 aliphatic rings. The zero-order valence-corrected chi connectivity index (χ0v) is 19.3. The summed E-state index contributed by atoms with van der Waals surface area (Å²) in [5.74, 6) is -0.458. The van der Waals surface area contributed by atoms with Gasteiger partial charge in [-0.15, -0.1) is 0 Å². The average molecular weight is 458 g/mol. The van der Waals surface area contributed by atoms with Gasteiger partial charge in [0.25, 0.3) is 5.91 Å². The van der Waals surface area contributed by atoms with E-state index >= 15 is 0 Å². The molecule has 0 aliphatic heterocycles. The van der Waals surface area contributed by atoms with E-state index in [1.807, 2.05) is 60.8 Å². The lowest BCUT2D eigenvalue weighted by molar-refractivity contribution is -0.123. The number of hydrogen-bond donors (Lipinski definition) is 3. The summed E-state index contributed by atoms with van der Waals surface area (Å²) in [6.07, 6.45) is 4.69. The molecule has 4 rings (SSSR count). The van der Waals surface area contributed by atoms with Crippen molar-refractivity contribution in [1.82, 2.24) is 20.7 Å². The van der Waals surface area contributed by atoms with Gasteiger partial charge in [-0.05, 0) is 38.5 Å². The van der Waals surface area contributed by atoms with Crippen LogP contribution in [0.3, 0.4) is 0 Å². The third-order valence-electron chi connectivity index (χ3n) is 5.15. The number of nitrogens with one attached hydrogen (secondary N) is 3. The third-order valence-corrected chi connectivity index (χ3v) is 5.15. The van der Waals surface area contributed by atoms with E-state index < -0.39 is 23.6 Å². The Hall–Kier alpha value is -4.20. The fourth-order valence-electron chi connectivity index (χ4n) is 3.65. The van der Waals surface area contributed by atoms with Gasteiger partial charge in [-0.25, -0.2) is 10.2 Å². The van der Waals surface area contributed by atoms with Gasteiger partial charge >= 0.3 is 6.09 Å². The lowest BCUT2D eigenvalue weighted by atomic mass is 10.0. The molecule has 0 spiro atoms. The first-order valence-corrected chi connectivity index (χ1v) is 11.0. The number of aromatic amines is 1. The number of rotatable bonds is 6. The number of hydrogen-bond acceptors (Lipinski definition) is 5. The Morgan fingerprint density at radius 1 is 1.12 bits per heavy atom. The number of carbonyl (C=O) groups is 2. The number of benzene rings is 2. The van der Waals surface area contributed by atoms with Crippen molar-refractivity contribution >= 4 is 40.0 Å². The summed E-state index contributed by atoms with van der Waals surface area (Å²) in [5.41, 5.74) is 5.26. The zero-order valence-electron chi connectivity index (χ0n) is 19.3. The second kappa shape index (κ2) is 9.74. The maximum atomic E-state index is 13.0. The van der Waals surface area contributed by atoms with Crippen LogP contribution in [-0.2, 0) is 16.0 Å². The number of aromatic nitrogens is 2. The maximum Gasteiger partial charge on any atom is 0.408 e. The van der Waals surface area contributed by atoms with E-state index in [1.54, 1.807) is 33.2 Å². The monoisotopic (exact) mass is 457 g/mol. The number of amides is 2. The number of hydrazone groups is 1. The molecular formula is C26H27N5O3. The van der Waals surface area contributed by atoms with Gasteiger partial charge in [-0.3, -0.25) is 9.78 Å². The largest absolute Gasteiger partial charge is 0.444 e. The lowest BCUT2D eigenvalue weighted by Crippen LogP contribution is -2.48. The van der Waals surface area contributed by atoms with Crippen molar-refractivity contribution in [3.05, 3.63) is 78.1 Å².